The van der Waals surface area contributed by atoms with Crippen molar-refractivity contribution in [2.45, 2.75) is 32.1 Å². The molecule has 2 unspecified atom stereocenters. The number of morpholine rings is 1. The van der Waals surface area contributed by atoms with Crippen molar-refractivity contribution in [2.75, 3.05) is 52.5 Å². The van der Waals surface area contributed by atoms with E-state index in [1.165, 1.54) is 38.6 Å². The molecule has 2 aliphatic rings. The summed E-state index contributed by atoms with van der Waals surface area (Å²) in [6.07, 6.45) is 6.38. The fraction of sp³-hybridized carbons (Fsp3) is 1.00. The lowest BCUT2D eigenvalue weighted by molar-refractivity contribution is 0.0373. The van der Waals surface area contributed by atoms with Gasteiger partial charge in [-0.3, -0.25) is 4.90 Å². The molecule has 1 aliphatic heterocycles. The van der Waals surface area contributed by atoms with E-state index in [1.807, 2.05) is 0 Å². The Bertz CT molecular complexity index is 232. The molecule has 19 heavy (non-hydrogen) atoms. The lowest BCUT2D eigenvalue weighted by Gasteiger charge is -2.30. The van der Waals surface area contributed by atoms with Gasteiger partial charge >= 0.3 is 0 Å². The van der Waals surface area contributed by atoms with Gasteiger partial charge in [-0.1, -0.05) is 12.8 Å². The normalized spacial score (nSPS) is 29.5. The minimum Gasteiger partial charge on any atom is -0.396 e. The highest BCUT2D eigenvalue weighted by molar-refractivity contribution is 4.76. The number of nitrogens with one attached hydrogen (secondary N) is 1. The van der Waals surface area contributed by atoms with Crippen LogP contribution in [-0.4, -0.2) is 62.6 Å². The summed E-state index contributed by atoms with van der Waals surface area (Å²) in [5, 5.41) is 13.0. The first-order valence-electron chi connectivity index (χ1n) is 8.02. The van der Waals surface area contributed by atoms with Gasteiger partial charge in [-0.25, -0.2) is 0 Å². The van der Waals surface area contributed by atoms with E-state index >= 15 is 0 Å². The van der Waals surface area contributed by atoms with Crippen molar-refractivity contribution in [3.8, 4) is 0 Å². The zero-order chi connectivity index (χ0) is 13.3. The Balaban J connectivity index is 1.51. The minimum absolute atomic E-state index is 0.375. The molecule has 0 aromatic rings. The molecule has 4 heteroatoms. The average molecular weight is 270 g/mol. The fourth-order valence-electron chi connectivity index (χ4n) is 3.33. The van der Waals surface area contributed by atoms with Gasteiger partial charge < -0.3 is 15.2 Å². The molecule has 1 heterocycles. The zero-order valence-corrected chi connectivity index (χ0v) is 12.1. The van der Waals surface area contributed by atoms with Gasteiger partial charge in [-0.15, -0.1) is 0 Å². The molecular weight excluding hydrogens is 240 g/mol. The van der Waals surface area contributed by atoms with E-state index in [9.17, 15) is 5.11 Å². The molecule has 0 amide bonds. The van der Waals surface area contributed by atoms with Crippen LogP contribution in [0.1, 0.15) is 32.1 Å². The van der Waals surface area contributed by atoms with Crippen LogP contribution in [0.15, 0.2) is 0 Å². The van der Waals surface area contributed by atoms with Crippen LogP contribution in [0.4, 0.5) is 0 Å². The predicted octanol–water partition coefficient (Wildman–Crippen LogP) is 1.10. The largest absolute Gasteiger partial charge is 0.396 e. The number of nitrogens with zero attached hydrogens (tertiary/aromatic N) is 1. The third kappa shape index (κ3) is 5.38. The van der Waals surface area contributed by atoms with Crippen molar-refractivity contribution in [1.82, 2.24) is 10.2 Å². The summed E-state index contributed by atoms with van der Waals surface area (Å²) in [5.74, 6) is 1.24. The third-order valence-corrected chi connectivity index (χ3v) is 4.64. The van der Waals surface area contributed by atoms with Gasteiger partial charge in [0, 0.05) is 19.7 Å². The summed E-state index contributed by atoms with van der Waals surface area (Å²) in [5.41, 5.74) is 0. The second-order valence-corrected chi connectivity index (χ2v) is 6.00. The third-order valence-electron chi connectivity index (χ3n) is 4.64. The smallest absolute Gasteiger partial charge is 0.0594 e. The lowest BCUT2D eigenvalue weighted by Crippen LogP contribution is -2.38. The average Bonchev–Trinajstić information content (AvgIpc) is 2.48. The number of aliphatic hydroxyl groups excluding tert-OH is 1. The van der Waals surface area contributed by atoms with Crippen LogP contribution in [0.3, 0.4) is 0 Å². The molecule has 1 aliphatic carbocycles. The second-order valence-electron chi connectivity index (χ2n) is 6.00. The molecule has 0 bridgehead atoms. The number of aliphatic hydroxyl groups is 1. The second kappa shape index (κ2) is 8.90. The van der Waals surface area contributed by atoms with Gasteiger partial charge in [0.15, 0.2) is 0 Å². The maximum absolute atomic E-state index is 9.39. The van der Waals surface area contributed by atoms with Gasteiger partial charge in [-0.2, -0.15) is 0 Å². The highest BCUT2D eigenvalue weighted by atomic mass is 16.5. The summed E-state index contributed by atoms with van der Waals surface area (Å²) in [6, 6.07) is 0. The topological polar surface area (TPSA) is 44.7 Å². The van der Waals surface area contributed by atoms with E-state index in [0.717, 1.165) is 39.4 Å². The quantitative estimate of drug-likeness (QED) is 0.680. The summed E-state index contributed by atoms with van der Waals surface area (Å²) in [4.78, 5) is 2.49. The van der Waals surface area contributed by atoms with Gasteiger partial charge in [0.05, 0.1) is 13.2 Å². The van der Waals surface area contributed by atoms with Crippen molar-refractivity contribution in [3.05, 3.63) is 0 Å². The Morgan fingerprint density at radius 3 is 2.58 bits per heavy atom. The van der Waals surface area contributed by atoms with Crippen molar-refractivity contribution >= 4 is 0 Å². The minimum atomic E-state index is 0.375. The molecule has 2 rings (SSSR count). The van der Waals surface area contributed by atoms with E-state index in [2.05, 4.69) is 10.2 Å². The first kappa shape index (κ1) is 15.2. The van der Waals surface area contributed by atoms with Crippen LogP contribution < -0.4 is 5.32 Å². The molecular formula is C15H30N2O2. The van der Waals surface area contributed by atoms with Crippen molar-refractivity contribution < 1.29 is 9.84 Å². The molecule has 2 N–H and O–H groups in total. The summed E-state index contributed by atoms with van der Waals surface area (Å²) in [7, 11) is 0. The van der Waals surface area contributed by atoms with Gasteiger partial charge in [0.25, 0.3) is 0 Å². The first-order valence-corrected chi connectivity index (χ1v) is 8.02. The summed E-state index contributed by atoms with van der Waals surface area (Å²) in [6.45, 7) is 7.73. The zero-order valence-electron chi connectivity index (χ0n) is 12.1. The van der Waals surface area contributed by atoms with E-state index in [-0.39, 0.29) is 0 Å². The van der Waals surface area contributed by atoms with Crippen LogP contribution in [0, 0.1) is 11.8 Å². The molecule has 0 radical (unpaired) electrons. The summed E-state index contributed by atoms with van der Waals surface area (Å²) < 4.78 is 5.35. The van der Waals surface area contributed by atoms with E-state index in [0.29, 0.717) is 18.4 Å². The molecule has 2 fully saturated rings. The first-order chi connectivity index (χ1) is 9.40. The fourth-order valence-corrected chi connectivity index (χ4v) is 3.33. The Kier molecular flexibility index (Phi) is 7.14. The maximum Gasteiger partial charge on any atom is 0.0594 e. The molecule has 1 saturated heterocycles. The SMILES string of the molecule is OCC1CCCCC1CNCCCN1CCOCC1. The molecule has 2 atom stereocenters. The summed E-state index contributed by atoms with van der Waals surface area (Å²) >= 11 is 0. The number of ether oxygens (including phenoxy) is 1. The van der Waals surface area contributed by atoms with Gasteiger partial charge in [-0.05, 0) is 50.7 Å². The molecule has 1 saturated carbocycles. The van der Waals surface area contributed by atoms with Crippen molar-refractivity contribution in [1.29, 1.82) is 0 Å². The number of rotatable bonds is 7. The molecule has 0 aromatic heterocycles. The molecule has 0 spiro atoms. The van der Waals surface area contributed by atoms with Crippen LogP contribution in [0.2, 0.25) is 0 Å². The van der Waals surface area contributed by atoms with E-state index < -0.39 is 0 Å². The number of hydrogen-bond acceptors (Lipinski definition) is 4. The van der Waals surface area contributed by atoms with Crippen molar-refractivity contribution in [2.24, 2.45) is 11.8 Å². The number of hydrogen-bond donors (Lipinski definition) is 2. The van der Waals surface area contributed by atoms with Crippen molar-refractivity contribution in [3.63, 3.8) is 0 Å². The van der Waals surface area contributed by atoms with Gasteiger partial charge in [0.1, 0.15) is 0 Å². The predicted molar refractivity (Wildman–Crippen MR) is 77.3 cm³/mol. The highest BCUT2D eigenvalue weighted by Crippen LogP contribution is 2.28. The van der Waals surface area contributed by atoms with E-state index in [1.54, 1.807) is 0 Å². The Labute approximate surface area is 117 Å². The van der Waals surface area contributed by atoms with Crippen LogP contribution in [0.25, 0.3) is 0 Å². The standard InChI is InChI=1S/C15H30N2O2/c18-13-15-5-2-1-4-14(15)12-16-6-3-7-17-8-10-19-11-9-17/h14-16,18H,1-13H2. The lowest BCUT2D eigenvalue weighted by atomic mass is 9.79. The van der Waals surface area contributed by atoms with Crippen LogP contribution >= 0.6 is 0 Å². The molecule has 0 aromatic carbocycles. The Morgan fingerprint density at radius 2 is 1.84 bits per heavy atom. The van der Waals surface area contributed by atoms with Gasteiger partial charge in [0.2, 0.25) is 0 Å². The maximum atomic E-state index is 9.39. The van der Waals surface area contributed by atoms with E-state index in [4.69, 9.17) is 4.74 Å². The monoisotopic (exact) mass is 270 g/mol. The van der Waals surface area contributed by atoms with Crippen LogP contribution in [-0.2, 0) is 4.74 Å². The molecule has 112 valence electrons. The highest BCUT2D eigenvalue weighted by Gasteiger charge is 2.23. The Hall–Kier alpha value is -0.160. The molecule has 4 nitrogen and oxygen atoms in total. The van der Waals surface area contributed by atoms with Crippen LogP contribution in [0.5, 0.6) is 0 Å². The Morgan fingerprint density at radius 1 is 1.11 bits per heavy atom.